The van der Waals surface area contributed by atoms with Crippen molar-refractivity contribution in [2.24, 2.45) is 5.73 Å². The van der Waals surface area contributed by atoms with Crippen molar-refractivity contribution in [1.82, 2.24) is 15.2 Å². The Morgan fingerprint density at radius 1 is 0.861 bits per heavy atom. The van der Waals surface area contributed by atoms with Crippen LogP contribution < -0.4 is 15.8 Å². The van der Waals surface area contributed by atoms with Crippen LogP contribution in [0.4, 0.5) is 0 Å². The van der Waals surface area contributed by atoms with E-state index < -0.39 is 0 Å². The second kappa shape index (κ2) is 12.1. The fraction of sp³-hybridized carbons (Fsp3) is 0.323. The molecule has 5 rings (SSSR count). The van der Waals surface area contributed by atoms with E-state index in [9.17, 15) is 0 Å². The Kier molecular flexibility index (Phi) is 8.24. The first-order valence-electron chi connectivity index (χ1n) is 13.1. The topological polar surface area (TPSA) is 63.4 Å². The molecule has 1 fully saturated rings. The van der Waals surface area contributed by atoms with Gasteiger partial charge >= 0.3 is 0 Å². The summed E-state index contributed by atoms with van der Waals surface area (Å²) >= 11 is 0. The van der Waals surface area contributed by atoms with Crippen molar-refractivity contribution in [1.29, 1.82) is 0 Å². The lowest BCUT2D eigenvalue weighted by molar-refractivity contribution is 0.113. The van der Waals surface area contributed by atoms with E-state index in [1.807, 2.05) is 12.1 Å². The van der Waals surface area contributed by atoms with Crippen molar-refractivity contribution in [3.63, 3.8) is 0 Å². The van der Waals surface area contributed by atoms with E-state index >= 15 is 0 Å². The molecule has 2 heterocycles. The number of piperazine rings is 1. The molecule has 1 aliphatic rings. The lowest BCUT2D eigenvalue weighted by atomic mass is 9.97. The number of pyridine rings is 1. The molecule has 5 heteroatoms. The van der Waals surface area contributed by atoms with Crippen molar-refractivity contribution < 1.29 is 4.74 Å². The number of rotatable bonds is 10. The summed E-state index contributed by atoms with van der Waals surface area (Å²) in [5.74, 6) is 1.65. The number of nitrogens with zero attached hydrogens (tertiary/aromatic N) is 2. The third-order valence-corrected chi connectivity index (χ3v) is 7.10. The van der Waals surface area contributed by atoms with Gasteiger partial charge in [0.2, 0.25) is 0 Å². The molecule has 0 spiro atoms. The van der Waals surface area contributed by atoms with Crippen molar-refractivity contribution >= 4 is 10.8 Å². The second-order valence-electron chi connectivity index (χ2n) is 9.79. The van der Waals surface area contributed by atoms with Crippen LogP contribution in [0.5, 0.6) is 11.5 Å². The Bertz CT molecular complexity index is 1230. The summed E-state index contributed by atoms with van der Waals surface area (Å²) in [5.41, 5.74) is 8.48. The number of fused-ring (bicyclic) bond motifs is 1. The molecule has 2 unspecified atom stereocenters. The van der Waals surface area contributed by atoms with Crippen LogP contribution in [0.1, 0.15) is 30.4 Å². The summed E-state index contributed by atoms with van der Waals surface area (Å²) in [4.78, 5) is 6.71. The highest BCUT2D eigenvalue weighted by Crippen LogP contribution is 2.24. The number of hydrogen-bond donors (Lipinski definition) is 2. The molecule has 0 aliphatic carbocycles. The molecule has 1 aromatic heterocycles. The predicted octanol–water partition coefficient (Wildman–Crippen LogP) is 5.54. The quantitative estimate of drug-likeness (QED) is 0.292. The van der Waals surface area contributed by atoms with E-state index in [0.717, 1.165) is 50.5 Å². The van der Waals surface area contributed by atoms with E-state index in [-0.39, 0.29) is 0 Å². The van der Waals surface area contributed by atoms with Gasteiger partial charge in [0.1, 0.15) is 11.5 Å². The Labute approximate surface area is 214 Å². The van der Waals surface area contributed by atoms with Gasteiger partial charge in [0, 0.05) is 44.1 Å². The lowest BCUT2D eigenvalue weighted by Gasteiger charge is -2.41. The van der Waals surface area contributed by atoms with E-state index in [1.165, 1.54) is 34.7 Å². The van der Waals surface area contributed by atoms with Crippen molar-refractivity contribution in [2.75, 3.05) is 19.6 Å². The van der Waals surface area contributed by atoms with Crippen molar-refractivity contribution in [3.8, 4) is 11.5 Å². The average Bonchev–Trinajstić information content (AvgIpc) is 2.92. The molecule has 0 radical (unpaired) electrons. The fourth-order valence-electron chi connectivity index (χ4n) is 5.16. The minimum absolute atomic E-state index is 0.436. The molecule has 5 nitrogen and oxygen atoms in total. The number of ether oxygens (including phenoxy) is 1. The maximum atomic E-state index is 5.95. The van der Waals surface area contributed by atoms with Gasteiger partial charge in [-0.1, -0.05) is 61.0 Å². The van der Waals surface area contributed by atoms with E-state index in [1.54, 1.807) is 12.4 Å². The molecule has 36 heavy (non-hydrogen) atoms. The minimum atomic E-state index is 0.436. The summed E-state index contributed by atoms with van der Waals surface area (Å²) in [7, 11) is 0. The number of benzene rings is 3. The standard InChI is InChI=1S/C31H36N4O/c32-16-4-3-7-29-21-34-28(20-25-8-11-26-5-1-2-6-27(26)19-25)23-35(29)22-24-9-12-30(13-10-24)36-31-14-17-33-18-15-31/h1-2,5-6,8-15,17-19,28-29,34H,3-4,7,16,20-23,32H2. The Morgan fingerprint density at radius 2 is 1.61 bits per heavy atom. The van der Waals surface area contributed by atoms with Gasteiger partial charge in [-0.2, -0.15) is 0 Å². The third-order valence-electron chi connectivity index (χ3n) is 7.10. The number of unbranched alkanes of at least 4 members (excludes halogenated alkanes) is 1. The zero-order valence-electron chi connectivity index (χ0n) is 20.9. The Balaban J connectivity index is 1.25. The van der Waals surface area contributed by atoms with Gasteiger partial charge in [-0.15, -0.1) is 0 Å². The van der Waals surface area contributed by atoms with E-state index in [4.69, 9.17) is 10.5 Å². The summed E-state index contributed by atoms with van der Waals surface area (Å²) in [6.07, 6.45) is 7.96. The minimum Gasteiger partial charge on any atom is -0.457 e. The molecule has 4 aromatic rings. The molecular formula is C31H36N4O. The van der Waals surface area contributed by atoms with Crippen molar-refractivity contribution in [2.45, 2.75) is 44.3 Å². The van der Waals surface area contributed by atoms with Gasteiger partial charge in [-0.3, -0.25) is 9.88 Å². The van der Waals surface area contributed by atoms with Crippen LogP contribution in [0.3, 0.4) is 0 Å². The highest BCUT2D eigenvalue weighted by Gasteiger charge is 2.27. The average molecular weight is 481 g/mol. The summed E-state index contributed by atoms with van der Waals surface area (Å²) in [6, 6.07) is 28.7. The van der Waals surface area contributed by atoms with E-state index in [0.29, 0.717) is 12.1 Å². The van der Waals surface area contributed by atoms with Gasteiger partial charge in [0.25, 0.3) is 0 Å². The SMILES string of the molecule is NCCCCC1CNC(Cc2ccc3ccccc3c2)CN1Cc1ccc(Oc2ccncc2)cc1. The van der Waals surface area contributed by atoms with E-state index in [2.05, 4.69) is 81.9 Å². The molecule has 0 bridgehead atoms. The van der Waals surface area contributed by atoms with Crippen LogP contribution in [-0.4, -0.2) is 41.6 Å². The summed E-state index contributed by atoms with van der Waals surface area (Å²) in [5, 5.41) is 6.46. The second-order valence-corrected chi connectivity index (χ2v) is 9.79. The molecule has 0 saturated carbocycles. The Morgan fingerprint density at radius 3 is 2.42 bits per heavy atom. The number of hydrogen-bond acceptors (Lipinski definition) is 5. The molecule has 186 valence electrons. The zero-order chi connectivity index (χ0) is 24.6. The maximum absolute atomic E-state index is 5.95. The van der Waals surface area contributed by atoms with Gasteiger partial charge in [-0.25, -0.2) is 0 Å². The van der Waals surface area contributed by atoms with Gasteiger partial charge in [-0.05, 0) is 72.0 Å². The maximum Gasteiger partial charge on any atom is 0.130 e. The number of nitrogens with one attached hydrogen (secondary N) is 1. The molecule has 3 N–H and O–H groups in total. The third kappa shape index (κ3) is 6.49. The lowest BCUT2D eigenvalue weighted by Crippen LogP contribution is -2.56. The molecule has 1 saturated heterocycles. The first kappa shape index (κ1) is 24.4. The first-order valence-corrected chi connectivity index (χ1v) is 13.1. The van der Waals surface area contributed by atoms with Crippen LogP contribution >= 0.6 is 0 Å². The molecule has 3 aromatic carbocycles. The molecule has 0 amide bonds. The number of nitrogens with two attached hydrogens (primary N) is 1. The smallest absolute Gasteiger partial charge is 0.130 e. The molecule has 2 atom stereocenters. The monoisotopic (exact) mass is 480 g/mol. The largest absolute Gasteiger partial charge is 0.457 e. The summed E-state index contributed by atoms with van der Waals surface area (Å²) < 4.78 is 5.95. The predicted molar refractivity (Wildman–Crippen MR) is 147 cm³/mol. The highest BCUT2D eigenvalue weighted by atomic mass is 16.5. The molecule has 1 aliphatic heterocycles. The zero-order valence-corrected chi connectivity index (χ0v) is 20.9. The van der Waals surface area contributed by atoms with Crippen LogP contribution in [0.15, 0.2) is 91.3 Å². The van der Waals surface area contributed by atoms with Gasteiger partial charge in [0.05, 0.1) is 0 Å². The van der Waals surface area contributed by atoms with Crippen LogP contribution in [0.25, 0.3) is 10.8 Å². The van der Waals surface area contributed by atoms with Crippen LogP contribution in [0.2, 0.25) is 0 Å². The van der Waals surface area contributed by atoms with Crippen molar-refractivity contribution in [3.05, 3.63) is 102 Å². The first-order chi connectivity index (χ1) is 17.8. The Hall–Kier alpha value is -3.25. The number of aromatic nitrogens is 1. The molecular weight excluding hydrogens is 444 g/mol. The van der Waals surface area contributed by atoms with Crippen LogP contribution in [0, 0.1) is 0 Å². The van der Waals surface area contributed by atoms with Gasteiger partial charge in [0.15, 0.2) is 0 Å². The fourth-order valence-corrected chi connectivity index (χ4v) is 5.16. The summed E-state index contributed by atoms with van der Waals surface area (Å²) in [6.45, 7) is 3.77. The highest BCUT2D eigenvalue weighted by molar-refractivity contribution is 5.83. The van der Waals surface area contributed by atoms with Crippen LogP contribution in [-0.2, 0) is 13.0 Å². The normalized spacial score (nSPS) is 18.4. The van der Waals surface area contributed by atoms with Gasteiger partial charge < -0.3 is 15.8 Å².